The van der Waals surface area contributed by atoms with Crippen LogP contribution in [0.1, 0.15) is 26.7 Å². The highest BCUT2D eigenvalue weighted by Crippen LogP contribution is 2.32. The van der Waals surface area contributed by atoms with Crippen molar-refractivity contribution in [2.45, 2.75) is 37.1 Å². The summed E-state index contributed by atoms with van der Waals surface area (Å²) in [5.41, 5.74) is 0.792. The molecule has 0 N–H and O–H groups in total. The summed E-state index contributed by atoms with van der Waals surface area (Å²) in [6.45, 7) is 4.18. The van der Waals surface area contributed by atoms with E-state index in [4.69, 9.17) is 20.8 Å². The molecule has 27 heavy (non-hydrogen) atoms. The van der Waals surface area contributed by atoms with Gasteiger partial charge in [-0.3, -0.25) is 9.36 Å². The first-order valence-electron chi connectivity index (χ1n) is 8.72. The van der Waals surface area contributed by atoms with E-state index in [1.807, 2.05) is 35.8 Å². The predicted octanol–water partition coefficient (Wildman–Crippen LogP) is 5.00. The van der Waals surface area contributed by atoms with Gasteiger partial charge in [-0.1, -0.05) is 42.8 Å². The molecule has 0 saturated heterocycles. The molecule has 0 fully saturated rings. The van der Waals surface area contributed by atoms with E-state index in [1.54, 1.807) is 25.3 Å². The number of carbonyl (C=O) groups excluding carboxylic acids is 1. The number of furan rings is 1. The molecule has 3 rings (SSSR count). The van der Waals surface area contributed by atoms with E-state index in [9.17, 15) is 4.79 Å². The highest BCUT2D eigenvalue weighted by Gasteiger charge is 2.26. The first-order chi connectivity index (χ1) is 13.1. The number of rotatable bonds is 8. The Bertz CT molecular complexity index is 896. The Hall–Kier alpha value is -2.25. The van der Waals surface area contributed by atoms with Gasteiger partial charge in [-0.25, -0.2) is 0 Å². The second kappa shape index (κ2) is 9.10. The third-order valence-electron chi connectivity index (χ3n) is 3.79. The minimum Gasteiger partial charge on any atom is -0.465 e. The Kier molecular flexibility index (Phi) is 6.58. The normalized spacial score (nSPS) is 12.1. The highest BCUT2D eigenvalue weighted by molar-refractivity contribution is 8.00. The maximum absolute atomic E-state index is 12.3. The van der Waals surface area contributed by atoms with Crippen molar-refractivity contribution in [2.24, 2.45) is 0 Å². The van der Waals surface area contributed by atoms with Crippen molar-refractivity contribution in [3.63, 3.8) is 0 Å². The summed E-state index contributed by atoms with van der Waals surface area (Å²) in [6, 6.07) is 11.0. The first-order valence-corrected chi connectivity index (χ1v) is 9.98. The van der Waals surface area contributed by atoms with Crippen LogP contribution in [0.25, 0.3) is 17.3 Å². The Morgan fingerprint density at radius 2 is 2.15 bits per heavy atom. The number of nitrogens with zero attached hydrogens (tertiary/aromatic N) is 3. The van der Waals surface area contributed by atoms with Crippen LogP contribution in [0.15, 0.2) is 52.2 Å². The van der Waals surface area contributed by atoms with Gasteiger partial charge >= 0.3 is 5.97 Å². The van der Waals surface area contributed by atoms with Crippen molar-refractivity contribution < 1.29 is 13.9 Å². The van der Waals surface area contributed by atoms with Crippen molar-refractivity contribution in [1.82, 2.24) is 14.8 Å². The number of ether oxygens (including phenoxy) is 1. The number of aromatic nitrogens is 3. The van der Waals surface area contributed by atoms with Gasteiger partial charge in [0.25, 0.3) is 0 Å². The zero-order valence-electron chi connectivity index (χ0n) is 15.1. The lowest BCUT2D eigenvalue weighted by molar-refractivity contribution is -0.142. The van der Waals surface area contributed by atoms with Crippen LogP contribution in [0, 0.1) is 0 Å². The maximum Gasteiger partial charge on any atom is 0.319 e. The predicted molar refractivity (Wildman–Crippen MR) is 105 cm³/mol. The van der Waals surface area contributed by atoms with E-state index >= 15 is 0 Å². The molecule has 1 aromatic carbocycles. The third kappa shape index (κ3) is 4.54. The van der Waals surface area contributed by atoms with E-state index in [0.717, 1.165) is 12.1 Å². The molecule has 1 unspecified atom stereocenters. The molecule has 2 heterocycles. The van der Waals surface area contributed by atoms with Gasteiger partial charge < -0.3 is 9.15 Å². The minimum atomic E-state index is -0.360. The Labute approximate surface area is 166 Å². The summed E-state index contributed by atoms with van der Waals surface area (Å²) in [4.78, 5) is 12.3. The molecule has 0 aliphatic carbocycles. The van der Waals surface area contributed by atoms with E-state index < -0.39 is 0 Å². The fraction of sp³-hybridized carbons (Fsp3) is 0.316. The van der Waals surface area contributed by atoms with Gasteiger partial charge in [0, 0.05) is 5.02 Å². The third-order valence-corrected chi connectivity index (χ3v) is 5.21. The Balaban J connectivity index is 2.03. The average molecular weight is 406 g/mol. The number of thioether (sulfide) groups is 1. The fourth-order valence-electron chi connectivity index (χ4n) is 2.61. The van der Waals surface area contributed by atoms with E-state index in [2.05, 4.69) is 10.2 Å². The van der Waals surface area contributed by atoms with Crippen LogP contribution in [0.2, 0.25) is 5.02 Å². The molecule has 0 aliphatic rings. The van der Waals surface area contributed by atoms with Gasteiger partial charge in [0.2, 0.25) is 5.82 Å². The number of halogens is 1. The molecule has 142 valence electrons. The average Bonchev–Trinajstić information content (AvgIpc) is 3.31. The number of benzene rings is 1. The second-order valence-electron chi connectivity index (χ2n) is 5.75. The molecule has 2 aromatic heterocycles. The van der Waals surface area contributed by atoms with Crippen molar-refractivity contribution in [2.75, 3.05) is 6.61 Å². The van der Waals surface area contributed by atoms with E-state index in [1.165, 1.54) is 11.8 Å². The zero-order chi connectivity index (χ0) is 19.2. The molecule has 8 heteroatoms. The molecule has 0 saturated carbocycles. The summed E-state index contributed by atoms with van der Waals surface area (Å²) in [7, 11) is 0. The van der Waals surface area contributed by atoms with Crippen molar-refractivity contribution >= 4 is 29.3 Å². The number of hydrogen-bond donors (Lipinski definition) is 0. The molecule has 0 amide bonds. The number of hydrogen-bond acceptors (Lipinski definition) is 6. The van der Waals surface area contributed by atoms with Crippen LogP contribution in [-0.4, -0.2) is 32.6 Å². The lowest BCUT2D eigenvalue weighted by Gasteiger charge is -2.15. The van der Waals surface area contributed by atoms with Crippen LogP contribution >= 0.6 is 23.4 Å². The van der Waals surface area contributed by atoms with Gasteiger partial charge in [-0.2, -0.15) is 0 Å². The van der Waals surface area contributed by atoms with Crippen LogP contribution in [-0.2, 0) is 9.53 Å². The van der Waals surface area contributed by atoms with E-state index in [0.29, 0.717) is 34.8 Å². The summed E-state index contributed by atoms with van der Waals surface area (Å²) in [5, 5.41) is 9.41. The molecule has 6 nitrogen and oxygen atoms in total. The van der Waals surface area contributed by atoms with Crippen LogP contribution in [0.3, 0.4) is 0 Å². The minimum absolute atomic E-state index is 0.246. The largest absolute Gasteiger partial charge is 0.465 e. The van der Waals surface area contributed by atoms with E-state index in [-0.39, 0.29) is 11.2 Å². The molecular weight excluding hydrogens is 386 g/mol. The summed E-state index contributed by atoms with van der Waals surface area (Å²) in [5.74, 6) is 0.880. The molecule has 1 atom stereocenters. The zero-order valence-corrected chi connectivity index (χ0v) is 16.7. The summed E-state index contributed by atoms with van der Waals surface area (Å²) in [6.07, 6.45) is 3.12. The SMILES string of the molecule is CCCC(Sc1nnc(-c2ccco2)n1-c1cccc(Cl)c1)C(=O)OCC. The smallest absolute Gasteiger partial charge is 0.319 e. The highest BCUT2D eigenvalue weighted by atomic mass is 35.5. The summed E-state index contributed by atoms with van der Waals surface area (Å²) < 4.78 is 12.6. The lowest BCUT2D eigenvalue weighted by Crippen LogP contribution is -2.20. The Morgan fingerprint density at radius 1 is 1.30 bits per heavy atom. The Morgan fingerprint density at radius 3 is 2.81 bits per heavy atom. The van der Waals surface area contributed by atoms with Gasteiger partial charge in [0.1, 0.15) is 5.25 Å². The molecule has 0 spiro atoms. The van der Waals surface area contributed by atoms with Crippen LogP contribution in [0.5, 0.6) is 0 Å². The quantitative estimate of drug-likeness (QED) is 0.387. The molecule has 0 radical (unpaired) electrons. The fourth-order valence-corrected chi connectivity index (χ4v) is 3.95. The first kappa shape index (κ1) is 19.5. The van der Waals surface area contributed by atoms with Gasteiger partial charge in [-0.15, -0.1) is 10.2 Å². The van der Waals surface area contributed by atoms with Gasteiger partial charge in [-0.05, 0) is 43.7 Å². The summed E-state index contributed by atoms with van der Waals surface area (Å²) >= 11 is 7.52. The van der Waals surface area contributed by atoms with Crippen molar-refractivity contribution in [1.29, 1.82) is 0 Å². The van der Waals surface area contributed by atoms with Gasteiger partial charge in [0.05, 0.1) is 18.6 Å². The van der Waals surface area contributed by atoms with Crippen LogP contribution < -0.4 is 0 Å². The molecule has 0 bridgehead atoms. The molecular formula is C19H20ClN3O3S. The number of esters is 1. The number of carbonyl (C=O) groups is 1. The monoisotopic (exact) mass is 405 g/mol. The molecule has 3 aromatic rings. The van der Waals surface area contributed by atoms with Crippen molar-refractivity contribution in [3.05, 3.63) is 47.7 Å². The second-order valence-corrected chi connectivity index (χ2v) is 7.35. The lowest BCUT2D eigenvalue weighted by atomic mass is 10.2. The molecule has 0 aliphatic heterocycles. The van der Waals surface area contributed by atoms with Crippen LogP contribution in [0.4, 0.5) is 0 Å². The van der Waals surface area contributed by atoms with Crippen molar-refractivity contribution in [3.8, 4) is 17.3 Å². The topological polar surface area (TPSA) is 70.2 Å². The standard InChI is InChI=1S/C19H20ClN3O3S/c1-3-7-16(18(24)25-4-2)27-19-22-21-17(15-10-6-11-26-15)23(19)14-9-5-8-13(20)12-14/h5-6,8-12,16H,3-4,7H2,1-2H3. The van der Waals surface area contributed by atoms with Gasteiger partial charge in [0.15, 0.2) is 10.9 Å². The maximum atomic E-state index is 12.3.